The van der Waals surface area contributed by atoms with Gasteiger partial charge in [-0.1, -0.05) is 13.8 Å². The van der Waals surface area contributed by atoms with Crippen molar-refractivity contribution in [3.8, 4) is 0 Å². The molecule has 0 saturated carbocycles. The van der Waals surface area contributed by atoms with Gasteiger partial charge in [0.15, 0.2) is 6.10 Å². The van der Waals surface area contributed by atoms with Gasteiger partial charge >= 0.3 is 11.9 Å². The molecule has 206 valence electrons. The largest absolute Gasteiger partial charge is 0.481 e. The molecule has 2 amide bonds. The fourth-order valence-electron chi connectivity index (χ4n) is 5.69. The predicted molar refractivity (Wildman–Crippen MR) is 136 cm³/mol. The zero-order valence-corrected chi connectivity index (χ0v) is 21.7. The lowest BCUT2D eigenvalue weighted by Gasteiger charge is -2.46. The SMILES string of the molecule is CCN(CC)CCN1C(/C=C2/C(=O)Nc3ccc(F)cc32)=C(C)C(C(N)=O)C1(C)C(C(=O)O)[C@H](O)C(=O)O. The number of likely N-dealkylation sites (N-methyl/N-ethyl adjacent to an activating group) is 1. The van der Waals surface area contributed by atoms with Crippen molar-refractivity contribution in [2.45, 2.75) is 39.3 Å². The van der Waals surface area contributed by atoms with Crippen LogP contribution < -0.4 is 11.1 Å². The van der Waals surface area contributed by atoms with Crippen molar-refractivity contribution in [1.29, 1.82) is 0 Å². The molecule has 0 aromatic heterocycles. The fraction of sp³-hybridized carbons (Fsp3) is 0.462. The quantitative estimate of drug-likeness (QED) is 0.262. The molecular formula is C26H33FN4O7. The van der Waals surface area contributed by atoms with E-state index in [1.807, 2.05) is 18.7 Å². The van der Waals surface area contributed by atoms with Gasteiger partial charge in [0.2, 0.25) is 5.91 Å². The van der Waals surface area contributed by atoms with Crippen LogP contribution in [0.25, 0.3) is 5.57 Å². The van der Waals surface area contributed by atoms with Crippen LogP contribution in [0.1, 0.15) is 33.3 Å². The molecule has 3 rings (SSSR count). The summed E-state index contributed by atoms with van der Waals surface area (Å²) in [5.41, 5.74) is 5.26. The molecule has 12 heteroatoms. The Labute approximate surface area is 219 Å². The molecule has 3 unspecified atom stereocenters. The van der Waals surface area contributed by atoms with Gasteiger partial charge in [-0.2, -0.15) is 0 Å². The number of amides is 2. The number of rotatable bonds is 11. The van der Waals surface area contributed by atoms with Gasteiger partial charge in [0.1, 0.15) is 11.7 Å². The molecule has 0 spiro atoms. The molecular weight excluding hydrogens is 499 g/mol. The Morgan fingerprint density at radius 3 is 2.39 bits per heavy atom. The number of halogens is 1. The first-order valence-electron chi connectivity index (χ1n) is 12.3. The fourth-order valence-corrected chi connectivity index (χ4v) is 5.69. The van der Waals surface area contributed by atoms with Gasteiger partial charge in [-0.05, 0) is 56.8 Å². The van der Waals surface area contributed by atoms with Crippen LogP contribution in [0.15, 0.2) is 35.5 Å². The average molecular weight is 533 g/mol. The summed E-state index contributed by atoms with van der Waals surface area (Å²) >= 11 is 0. The van der Waals surface area contributed by atoms with Gasteiger partial charge in [-0.15, -0.1) is 0 Å². The first-order valence-corrected chi connectivity index (χ1v) is 12.3. The first-order chi connectivity index (χ1) is 17.8. The molecule has 2 heterocycles. The minimum atomic E-state index is -2.36. The maximum absolute atomic E-state index is 14.1. The predicted octanol–water partition coefficient (Wildman–Crippen LogP) is 1.10. The molecule has 2 aliphatic heterocycles. The number of aliphatic hydroxyl groups is 1. The lowest BCUT2D eigenvalue weighted by Crippen LogP contribution is -2.62. The molecule has 0 saturated heterocycles. The Bertz CT molecular complexity index is 1230. The van der Waals surface area contributed by atoms with Crippen molar-refractivity contribution in [1.82, 2.24) is 9.80 Å². The summed E-state index contributed by atoms with van der Waals surface area (Å²) in [6.45, 7) is 8.63. The second-order valence-electron chi connectivity index (χ2n) is 9.61. The van der Waals surface area contributed by atoms with E-state index in [1.54, 1.807) is 11.8 Å². The summed E-state index contributed by atoms with van der Waals surface area (Å²) in [7, 11) is 0. The van der Waals surface area contributed by atoms with Crippen LogP contribution in [0.4, 0.5) is 10.1 Å². The van der Waals surface area contributed by atoms with Crippen LogP contribution in [-0.2, 0) is 19.2 Å². The molecule has 1 aromatic rings. The summed E-state index contributed by atoms with van der Waals surface area (Å²) in [5.74, 6) is -8.71. The molecule has 0 bridgehead atoms. The number of carbonyl (C=O) groups excluding carboxylic acids is 2. The minimum Gasteiger partial charge on any atom is -0.481 e. The van der Waals surface area contributed by atoms with E-state index in [4.69, 9.17) is 5.73 Å². The number of aliphatic carboxylic acids is 2. The summed E-state index contributed by atoms with van der Waals surface area (Å²) < 4.78 is 14.1. The number of carboxylic acids is 2. The Hall–Kier alpha value is -3.77. The third-order valence-electron chi connectivity index (χ3n) is 7.62. The molecule has 2 aliphatic rings. The van der Waals surface area contributed by atoms with E-state index in [1.165, 1.54) is 31.2 Å². The highest BCUT2D eigenvalue weighted by molar-refractivity contribution is 6.31. The zero-order valence-electron chi connectivity index (χ0n) is 21.7. The van der Waals surface area contributed by atoms with Crippen LogP contribution in [-0.4, -0.2) is 86.7 Å². The van der Waals surface area contributed by atoms with E-state index in [0.29, 0.717) is 30.9 Å². The number of benzene rings is 1. The summed E-state index contributed by atoms with van der Waals surface area (Å²) in [6, 6.07) is 3.80. The number of carbonyl (C=O) groups is 4. The summed E-state index contributed by atoms with van der Waals surface area (Å²) in [4.78, 5) is 53.5. The molecule has 0 fully saturated rings. The number of nitrogens with two attached hydrogens (primary N) is 1. The topological polar surface area (TPSA) is 173 Å². The van der Waals surface area contributed by atoms with Crippen LogP contribution in [0, 0.1) is 17.7 Å². The maximum atomic E-state index is 14.1. The van der Waals surface area contributed by atoms with Crippen LogP contribution in [0.3, 0.4) is 0 Å². The minimum absolute atomic E-state index is 0.0832. The molecule has 0 aliphatic carbocycles. The van der Waals surface area contributed by atoms with Gasteiger partial charge in [0.05, 0.1) is 17.0 Å². The third-order valence-corrected chi connectivity index (χ3v) is 7.62. The van der Waals surface area contributed by atoms with Crippen molar-refractivity contribution in [3.63, 3.8) is 0 Å². The number of carboxylic acid groups (broad SMARTS) is 2. The molecule has 6 N–H and O–H groups in total. The van der Waals surface area contributed by atoms with Crippen molar-refractivity contribution in [2.24, 2.45) is 17.6 Å². The normalized spacial score (nSPS) is 23.6. The van der Waals surface area contributed by atoms with Gasteiger partial charge in [0, 0.05) is 30.0 Å². The van der Waals surface area contributed by atoms with Gasteiger partial charge in [0.25, 0.3) is 5.91 Å². The smallest absolute Gasteiger partial charge is 0.333 e. The number of anilines is 1. The summed E-state index contributed by atoms with van der Waals surface area (Å²) in [5, 5.41) is 32.8. The highest BCUT2D eigenvalue weighted by atomic mass is 19.1. The van der Waals surface area contributed by atoms with Gasteiger partial charge in [-0.25, -0.2) is 9.18 Å². The van der Waals surface area contributed by atoms with E-state index < -0.39 is 53.0 Å². The van der Waals surface area contributed by atoms with Crippen molar-refractivity contribution >= 4 is 35.0 Å². The third kappa shape index (κ3) is 4.88. The Balaban J connectivity index is 2.27. The van der Waals surface area contributed by atoms with Gasteiger partial charge in [-0.3, -0.25) is 14.4 Å². The number of aliphatic hydroxyl groups excluding tert-OH is 1. The molecule has 4 atom stereocenters. The lowest BCUT2D eigenvalue weighted by atomic mass is 9.71. The van der Waals surface area contributed by atoms with E-state index in [9.17, 15) is 38.9 Å². The van der Waals surface area contributed by atoms with Crippen LogP contribution >= 0.6 is 0 Å². The number of primary amides is 1. The standard InChI is InChI=1S/C26H33FN4O7/c1-5-30(6-2)9-10-31-18(12-16-15-11-14(27)7-8-17(15)29-23(16)34)13(3)19(22(28)33)26(31,4)20(24(35)36)21(32)25(37)38/h7-8,11-12,19-21,32H,5-6,9-10H2,1-4H3,(H2,28,33)(H,29,34)(H,35,36)(H,37,38)/b16-12+/t19?,20?,21-,26?/m0/s1. The van der Waals surface area contributed by atoms with E-state index in [2.05, 4.69) is 5.32 Å². The second kappa shape index (κ2) is 10.9. The summed E-state index contributed by atoms with van der Waals surface area (Å²) in [6.07, 6.45) is -0.925. The second-order valence-corrected chi connectivity index (χ2v) is 9.61. The lowest BCUT2D eigenvalue weighted by molar-refractivity contribution is -0.168. The Morgan fingerprint density at radius 1 is 1.24 bits per heavy atom. The average Bonchev–Trinajstić information content (AvgIpc) is 3.24. The number of fused-ring (bicyclic) bond motifs is 1. The van der Waals surface area contributed by atoms with Gasteiger partial charge < -0.3 is 36.2 Å². The van der Waals surface area contributed by atoms with Crippen LogP contribution in [0.2, 0.25) is 0 Å². The van der Waals surface area contributed by atoms with E-state index in [-0.39, 0.29) is 23.4 Å². The Morgan fingerprint density at radius 2 is 1.87 bits per heavy atom. The van der Waals surface area contributed by atoms with Crippen LogP contribution in [0.5, 0.6) is 0 Å². The maximum Gasteiger partial charge on any atom is 0.333 e. The number of nitrogens with zero attached hydrogens (tertiary/aromatic N) is 2. The number of hydrogen-bond acceptors (Lipinski definition) is 7. The zero-order chi connectivity index (χ0) is 28.5. The van der Waals surface area contributed by atoms with Crippen molar-refractivity contribution in [3.05, 3.63) is 46.9 Å². The number of hydrogen-bond donors (Lipinski definition) is 5. The molecule has 1 aromatic carbocycles. The van der Waals surface area contributed by atoms with Crippen molar-refractivity contribution < 1.29 is 38.9 Å². The molecule has 0 radical (unpaired) electrons. The highest BCUT2D eigenvalue weighted by Gasteiger charge is 2.60. The highest BCUT2D eigenvalue weighted by Crippen LogP contribution is 2.49. The van der Waals surface area contributed by atoms with E-state index in [0.717, 1.165) is 0 Å². The number of allylic oxidation sites excluding steroid dienone is 1. The molecule has 38 heavy (non-hydrogen) atoms. The monoisotopic (exact) mass is 532 g/mol. The van der Waals surface area contributed by atoms with Crippen molar-refractivity contribution in [2.75, 3.05) is 31.5 Å². The molecule has 11 nitrogen and oxygen atoms in total. The Kier molecular flexibility index (Phi) is 8.27. The van der Waals surface area contributed by atoms with E-state index >= 15 is 0 Å². The first kappa shape index (κ1) is 28.8. The number of nitrogens with one attached hydrogen (secondary N) is 1.